The third-order valence-electron chi connectivity index (χ3n) is 5.25. The molecule has 1 N–H and O–H groups in total. The monoisotopic (exact) mass is 337 g/mol. The quantitative estimate of drug-likeness (QED) is 0.576. The fourth-order valence-corrected chi connectivity index (χ4v) is 4.46. The second-order valence-electron chi connectivity index (χ2n) is 8.64. The van der Waals surface area contributed by atoms with Crippen LogP contribution in [0.3, 0.4) is 0 Å². The maximum absolute atomic E-state index is 3.87. The Bertz CT molecular complexity index is 676. The average molecular weight is 338 g/mol. The molecule has 1 unspecified atom stereocenters. The van der Waals surface area contributed by atoms with Crippen molar-refractivity contribution >= 4 is 5.69 Å². The molecule has 2 aromatic rings. The van der Waals surface area contributed by atoms with E-state index in [4.69, 9.17) is 0 Å². The molecule has 0 aliphatic rings. The Morgan fingerprint density at radius 2 is 1.44 bits per heavy atom. The highest BCUT2D eigenvalue weighted by Gasteiger charge is 2.33. The molecule has 0 heterocycles. The lowest BCUT2D eigenvalue weighted by Gasteiger charge is -2.40. The van der Waals surface area contributed by atoms with E-state index in [1.807, 2.05) is 0 Å². The highest BCUT2D eigenvalue weighted by atomic mass is 15.0. The van der Waals surface area contributed by atoms with Crippen molar-refractivity contribution in [3.05, 3.63) is 64.7 Å². The molecule has 0 saturated carbocycles. The fraction of sp³-hybridized carbons (Fsp3) is 0.500. The van der Waals surface area contributed by atoms with Crippen LogP contribution in [0.4, 0.5) is 5.69 Å². The Morgan fingerprint density at radius 1 is 0.880 bits per heavy atom. The standard InChI is InChI=1S/C24H35N/c1-8-14-24(7,21-12-10-9-11-13-21)17-23(5,6)25-22-19(3)15-18(2)16-20(22)4/h9-13,15-16,25H,8,14,17H2,1-7H3. The van der Waals surface area contributed by atoms with Gasteiger partial charge < -0.3 is 5.32 Å². The van der Waals surface area contributed by atoms with Gasteiger partial charge in [-0.2, -0.15) is 0 Å². The van der Waals surface area contributed by atoms with Crippen molar-refractivity contribution in [3.63, 3.8) is 0 Å². The first kappa shape index (κ1) is 19.6. The summed E-state index contributed by atoms with van der Waals surface area (Å²) in [6, 6.07) is 15.6. The molecule has 25 heavy (non-hydrogen) atoms. The minimum Gasteiger partial charge on any atom is -0.380 e. The molecule has 0 radical (unpaired) electrons. The molecule has 0 aliphatic carbocycles. The summed E-state index contributed by atoms with van der Waals surface area (Å²) < 4.78 is 0. The molecule has 1 atom stereocenters. The van der Waals surface area contributed by atoms with Crippen molar-refractivity contribution in [1.29, 1.82) is 0 Å². The lowest BCUT2D eigenvalue weighted by Crippen LogP contribution is -2.40. The number of hydrogen-bond donors (Lipinski definition) is 1. The Hall–Kier alpha value is -1.76. The number of nitrogens with one attached hydrogen (secondary N) is 1. The lowest BCUT2D eigenvalue weighted by atomic mass is 9.70. The van der Waals surface area contributed by atoms with Gasteiger partial charge >= 0.3 is 0 Å². The normalized spacial score (nSPS) is 14.2. The summed E-state index contributed by atoms with van der Waals surface area (Å²) in [4.78, 5) is 0. The highest BCUT2D eigenvalue weighted by Crippen LogP contribution is 2.38. The molecular weight excluding hydrogens is 302 g/mol. The van der Waals surface area contributed by atoms with Crippen LogP contribution in [0.5, 0.6) is 0 Å². The Labute approximate surface area is 154 Å². The van der Waals surface area contributed by atoms with Gasteiger partial charge in [-0.3, -0.25) is 0 Å². The third kappa shape index (κ3) is 4.87. The SMILES string of the molecule is CCCC(C)(CC(C)(C)Nc1c(C)cc(C)cc1C)c1ccccc1. The Morgan fingerprint density at radius 3 is 1.96 bits per heavy atom. The van der Waals surface area contributed by atoms with E-state index in [-0.39, 0.29) is 11.0 Å². The van der Waals surface area contributed by atoms with Gasteiger partial charge in [0.15, 0.2) is 0 Å². The fourth-order valence-electron chi connectivity index (χ4n) is 4.46. The minimum atomic E-state index is 0.0184. The van der Waals surface area contributed by atoms with Crippen LogP contribution >= 0.6 is 0 Å². The van der Waals surface area contributed by atoms with E-state index in [1.165, 1.54) is 40.8 Å². The van der Waals surface area contributed by atoms with Gasteiger partial charge in [0.25, 0.3) is 0 Å². The van der Waals surface area contributed by atoms with Crippen molar-refractivity contribution in [2.24, 2.45) is 0 Å². The van der Waals surface area contributed by atoms with E-state index in [0.717, 1.165) is 6.42 Å². The topological polar surface area (TPSA) is 12.0 Å². The van der Waals surface area contributed by atoms with Gasteiger partial charge in [0.2, 0.25) is 0 Å². The molecule has 2 aromatic carbocycles. The van der Waals surface area contributed by atoms with E-state index in [2.05, 4.69) is 96.2 Å². The van der Waals surface area contributed by atoms with Crippen molar-refractivity contribution in [2.45, 2.75) is 78.7 Å². The van der Waals surface area contributed by atoms with Crippen molar-refractivity contribution < 1.29 is 0 Å². The van der Waals surface area contributed by atoms with Crippen molar-refractivity contribution in [2.75, 3.05) is 5.32 Å². The van der Waals surface area contributed by atoms with E-state index in [9.17, 15) is 0 Å². The first-order valence-electron chi connectivity index (χ1n) is 9.58. The molecule has 0 aliphatic heterocycles. The lowest BCUT2D eigenvalue weighted by molar-refractivity contribution is 0.323. The predicted molar refractivity (Wildman–Crippen MR) is 112 cm³/mol. The average Bonchev–Trinajstić information content (AvgIpc) is 2.51. The zero-order valence-electron chi connectivity index (χ0n) is 17.2. The molecule has 136 valence electrons. The maximum atomic E-state index is 3.87. The van der Waals surface area contributed by atoms with Crippen molar-refractivity contribution in [3.8, 4) is 0 Å². The third-order valence-corrected chi connectivity index (χ3v) is 5.25. The zero-order valence-corrected chi connectivity index (χ0v) is 17.2. The van der Waals surface area contributed by atoms with Crippen LogP contribution in [-0.4, -0.2) is 5.54 Å². The molecule has 0 amide bonds. The molecule has 2 rings (SSSR count). The molecule has 1 heteroatoms. The first-order valence-corrected chi connectivity index (χ1v) is 9.58. The number of hydrogen-bond acceptors (Lipinski definition) is 1. The summed E-state index contributed by atoms with van der Waals surface area (Å²) in [6.45, 7) is 16.0. The number of anilines is 1. The second-order valence-corrected chi connectivity index (χ2v) is 8.64. The van der Waals surface area contributed by atoms with Crippen LogP contribution < -0.4 is 5.32 Å². The van der Waals surface area contributed by atoms with Gasteiger partial charge in [-0.15, -0.1) is 0 Å². The van der Waals surface area contributed by atoms with Gasteiger partial charge in [-0.1, -0.05) is 68.3 Å². The number of rotatable bonds is 7. The van der Waals surface area contributed by atoms with Crippen LogP contribution in [0.15, 0.2) is 42.5 Å². The van der Waals surface area contributed by atoms with E-state index in [0.29, 0.717) is 0 Å². The maximum Gasteiger partial charge on any atom is 0.0403 e. The molecule has 1 nitrogen and oxygen atoms in total. The van der Waals surface area contributed by atoms with E-state index in [1.54, 1.807) is 0 Å². The number of aryl methyl sites for hydroxylation is 3. The van der Waals surface area contributed by atoms with Gasteiger partial charge in [0.05, 0.1) is 0 Å². The largest absolute Gasteiger partial charge is 0.380 e. The summed E-state index contributed by atoms with van der Waals surface area (Å²) in [5.74, 6) is 0. The summed E-state index contributed by atoms with van der Waals surface area (Å²) in [6.07, 6.45) is 3.50. The van der Waals surface area contributed by atoms with Crippen LogP contribution in [0, 0.1) is 20.8 Å². The van der Waals surface area contributed by atoms with Gasteiger partial charge in [-0.05, 0) is 69.6 Å². The Balaban J connectivity index is 2.29. The molecule has 0 bridgehead atoms. The van der Waals surface area contributed by atoms with Gasteiger partial charge in [0.1, 0.15) is 0 Å². The Kier molecular flexibility index (Phi) is 5.98. The highest BCUT2D eigenvalue weighted by molar-refractivity contribution is 5.59. The smallest absolute Gasteiger partial charge is 0.0403 e. The van der Waals surface area contributed by atoms with Gasteiger partial charge in [-0.25, -0.2) is 0 Å². The molecule has 0 saturated heterocycles. The summed E-state index contributed by atoms with van der Waals surface area (Å²) in [5.41, 5.74) is 6.94. The van der Waals surface area contributed by atoms with Crippen molar-refractivity contribution in [1.82, 2.24) is 0 Å². The summed E-state index contributed by atoms with van der Waals surface area (Å²) >= 11 is 0. The van der Waals surface area contributed by atoms with Gasteiger partial charge in [0, 0.05) is 11.2 Å². The van der Waals surface area contributed by atoms with E-state index < -0.39 is 0 Å². The molecule has 0 fully saturated rings. The molecule has 0 spiro atoms. The van der Waals surface area contributed by atoms with Crippen LogP contribution in [-0.2, 0) is 5.41 Å². The summed E-state index contributed by atoms with van der Waals surface area (Å²) in [7, 11) is 0. The van der Waals surface area contributed by atoms with Crippen LogP contribution in [0.25, 0.3) is 0 Å². The predicted octanol–water partition coefficient (Wildman–Crippen LogP) is 6.95. The van der Waals surface area contributed by atoms with Crippen LogP contribution in [0.1, 0.15) is 69.2 Å². The first-order chi connectivity index (χ1) is 11.7. The molecule has 0 aromatic heterocycles. The molecular formula is C24H35N. The summed E-state index contributed by atoms with van der Waals surface area (Å²) in [5, 5.41) is 3.87. The zero-order chi connectivity index (χ0) is 18.7. The number of benzene rings is 2. The minimum absolute atomic E-state index is 0.0184. The van der Waals surface area contributed by atoms with Crippen LogP contribution in [0.2, 0.25) is 0 Å². The second kappa shape index (κ2) is 7.64. The van der Waals surface area contributed by atoms with E-state index >= 15 is 0 Å².